The first-order valence-electron chi connectivity index (χ1n) is 3.21. The molecule has 0 aromatic heterocycles. The lowest BCUT2D eigenvalue weighted by atomic mass is 10.2. The zero-order valence-corrected chi connectivity index (χ0v) is 6.81. The molecule has 0 saturated heterocycles. The van der Waals surface area contributed by atoms with E-state index in [1.165, 1.54) is 0 Å². The van der Waals surface area contributed by atoms with E-state index in [1.54, 1.807) is 0 Å². The average molecular weight is 188 g/mol. The van der Waals surface area contributed by atoms with E-state index in [2.05, 4.69) is 4.74 Å². The zero-order valence-electron chi connectivity index (χ0n) is 6.81. The Bertz CT molecular complexity index is 264. The van der Waals surface area contributed by atoms with Crippen molar-refractivity contribution >= 4 is 17.9 Å². The maximum atomic E-state index is 10.6. The van der Waals surface area contributed by atoms with Crippen molar-refractivity contribution in [3.63, 3.8) is 0 Å². The van der Waals surface area contributed by atoms with Crippen LogP contribution in [0.15, 0.2) is 11.6 Å². The Morgan fingerprint density at radius 2 is 1.85 bits per heavy atom. The minimum absolute atomic E-state index is 0.514. The molecule has 72 valence electrons. The van der Waals surface area contributed by atoms with Crippen LogP contribution in [0.5, 0.6) is 0 Å². The van der Waals surface area contributed by atoms with E-state index >= 15 is 0 Å². The summed E-state index contributed by atoms with van der Waals surface area (Å²) in [5, 5.41) is 16.7. The van der Waals surface area contributed by atoms with Gasteiger partial charge in [-0.25, -0.2) is 9.59 Å². The van der Waals surface area contributed by atoms with Crippen LogP contribution in [-0.4, -0.2) is 35.2 Å². The summed E-state index contributed by atoms with van der Waals surface area (Å²) in [4.78, 5) is 31.0. The van der Waals surface area contributed by atoms with Crippen LogP contribution < -0.4 is 0 Å². The number of aliphatic carboxylic acids is 2. The highest BCUT2D eigenvalue weighted by atomic mass is 16.5. The Morgan fingerprint density at radius 3 is 2.15 bits per heavy atom. The number of ether oxygens (including phenoxy) is 1. The summed E-state index contributed by atoms with van der Waals surface area (Å²) in [6.07, 6.45) is -0.0825. The third-order valence-electron chi connectivity index (χ3n) is 1.11. The minimum atomic E-state index is -1.45. The Kier molecular flexibility index (Phi) is 4.21. The van der Waals surface area contributed by atoms with E-state index in [-0.39, 0.29) is 0 Å². The summed E-state index contributed by atoms with van der Waals surface area (Å²) in [6, 6.07) is 0. The van der Waals surface area contributed by atoms with Gasteiger partial charge in [-0.15, -0.1) is 0 Å². The van der Waals surface area contributed by atoms with Crippen LogP contribution in [0.3, 0.4) is 0 Å². The number of methoxy groups -OCH3 is 1. The van der Waals surface area contributed by atoms with Crippen molar-refractivity contribution in [3.05, 3.63) is 11.6 Å². The molecule has 0 aromatic rings. The summed E-state index contributed by atoms with van der Waals surface area (Å²) in [5.41, 5.74) is -0.514. The molecule has 0 bridgehead atoms. The maximum absolute atomic E-state index is 10.6. The monoisotopic (exact) mass is 188 g/mol. The van der Waals surface area contributed by atoms with Gasteiger partial charge >= 0.3 is 17.9 Å². The normalized spacial score (nSPS) is 10.7. The standard InChI is InChI=1S/C7H8O6/c1-13-6(10)3-4(7(11)12)2-5(8)9/h3H,2H2,1H3,(H,8,9)(H,11,12)/b4-3-. The number of carboxylic acids is 2. The van der Waals surface area contributed by atoms with Gasteiger partial charge in [-0.05, 0) is 0 Å². The van der Waals surface area contributed by atoms with Crippen molar-refractivity contribution in [2.24, 2.45) is 0 Å². The van der Waals surface area contributed by atoms with Crippen molar-refractivity contribution < 1.29 is 29.3 Å². The summed E-state index contributed by atoms with van der Waals surface area (Å²) >= 11 is 0. The van der Waals surface area contributed by atoms with E-state index in [9.17, 15) is 14.4 Å². The molecule has 0 rings (SSSR count). The zero-order chi connectivity index (χ0) is 10.4. The number of hydrogen-bond donors (Lipinski definition) is 2. The molecule has 0 aliphatic heterocycles. The summed E-state index contributed by atoms with van der Waals surface area (Å²) in [7, 11) is 1.07. The fraction of sp³-hybridized carbons (Fsp3) is 0.286. The maximum Gasteiger partial charge on any atom is 0.332 e. The molecule has 0 saturated carbocycles. The SMILES string of the molecule is COC(=O)/C=C(/CC(=O)O)C(=O)O. The first-order chi connectivity index (χ1) is 5.97. The minimum Gasteiger partial charge on any atom is -0.481 e. The van der Waals surface area contributed by atoms with E-state index in [0.717, 1.165) is 7.11 Å². The molecule has 0 radical (unpaired) electrons. The molecule has 6 heteroatoms. The van der Waals surface area contributed by atoms with Crippen LogP contribution in [0.2, 0.25) is 0 Å². The van der Waals surface area contributed by atoms with Gasteiger partial charge in [-0.3, -0.25) is 4.79 Å². The molecule has 0 fully saturated rings. The second kappa shape index (κ2) is 4.91. The Hall–Kier alpha value is -1.85. The smallest absolute Gasteiger partial charge is 0.332 e. The van der Waals surface area contributed by atoms with Crippen LogP contribution in [0, 0.1) is 0 Å². The molecule has 0 aliphatic carbocycles. The van der Waals surface area contributed by atoms with E-state index in [0.29, 0.717) is 6.08 Å². The summed E-state index contributed by atoms with van der Waals surface area (Å²) in [6.45, 7) is 0. The van der Waals surface area contributed by atoms with Crippen LogP contribution in [0.4, 0.5) is 0 Å². The fourth-order valence-corrected chi connectivity index (χ4v) is 0.552. The van der Waals surface area contributed by atoms with Gasteiger partial charge in [0.15, 0.2) is 0 Å². The Balaban J connectivity index is 4.60. The van der Waals surface area contributed by atoms with Crippen LogP contribution >= 0.6 is 0 Å². The first kappa shape index (κ1) is 11.2. The van der Waals surface area contributed by atoms with Crippen LogP contribution in [0.25, 0.3) is 0 Å². The number of carbonyl (C=O) groups excluding carboxylic acids is 1. The summed E-state index contributed by atoms with van der Waals surface area (Å²) < 4.78 is 4.14. The quantitative estimate of drug-likeness (QED) is 0.461. The highest BCUT2D eigenvalue weighted by molar-refractivity contribution is 5.98. The molecule has 0 aliphatic rings. The van der Waals surface area contributed by atoms with Gasteiger partial charge in [-0.2, -0.15) is 0 Å². The molecular formula is C7H8O6. The number of carboxylic acid groups (broad SMARTS) is 2. The van der Waals surface area contributed by atoms with Crippen molar-refractivity contribution in [1.82, 2.24) is 0 Å². The Labute approximate surface area is 73.4 Å². The average Bonchev–Trinajstić information content (AvgIpc) is 2.02. The first-order valence-corrected chi connectivity index (χ1v) is 3.21. The molecule has 0 spiro atoms. The van der Waals surface area contributed by atoms with E-state index in [4.69, 9.17) is 10.2 Å². The van der Waals surface area contributed by atoms with Crippen molar-refractivity contribution in [2.75, 3.05) is 7.11 Å². The molecule has 6 nitrogen and oxygen atoms in total. The molecular weight excluding hydrogens is 180 g/mol. The van der Waals surface area contributed by atoms with E-state index in [1.807, 2.05) is 0 Å². The summed E-state index contributed by atoms with van der Waals surface area (Å²) in [5.74, 6) is -3.66. The van der Waals surface area contributed by atoms with Crippen molar-refractivity contribution in [1.29, 1.82) is 0 Å². The van der Waals surface area contributed by atoms with Gasteiger partial charge in [-0.1, -0.05) is 0 Å². The molecule has 0 amide bonds. The number of carbonyl (C=O) groups is 3. The lowest BCUT2D eigenvalue weighted by molar-refractivity contribution is -0.140. The largest absolute Gasteiger partial charge is 0.481 e. The van der Waals surface area contributed by atoms with Gasteiger partial charge in [0.05, 0.1) is 19.1 Å². The predicted molar refractivity (Wildman–Crippen MR) is 40.0 cm³/mol. The van der Waals surface area contributed by atoms with Crippen LogP contribution in [-0.2, 0) is 19.1 Å². The van der Waals surface area contributed by atoms with Crippen molar-refractivity contribution in [2.45, 2.75) is 6.42 Å². The van der Waals surface area contributed by atoms with Crippen LogP contribution in [0.1, 0.15) is 6.42 Å². The van der Waals surface area contributed by atoms with Crippen molar-refractivity contribution in [3.8, 4) is 0 Å². The molecule has 13 heavy (non-hydrogen) atoms. The second-order valence-corrected chi connectivity index (χ2v) is 2.07. The molecule has 0 unspecified atom stereocenters. The van der Waals surface area contributed by atoms with Gasteiger partial charge in [0.2, 0.25) is 0 Å². The van der Waals surface area contributed by atoms with Gasteiger partial charge in [0.1, 0.15) is 0 Å². The lowest BCUT2D eigenvalue weighted by Gasteiger charge is -1.96. The van der Waals surface area contributed by atoms with Gasteiger partial charge in [0, 0.05) is 6.08 Å². The third-order valence-corrected chi connectivity index (χ3v) is 1.11. The fourth-order valence-electron chi connectivity index (χ4n) is 0.552. The highest BCUT2D eigenvalue weighted by Crippen LogP contribution is 2.01. The lowest BCUT2D eigenvalue weighted by Crippen LogP contribution is -2.09. The topological polar surface area (TPSA) is 101 Å². The van der Waals surface area contributed by atoms with Gasteiger partial charge < -0.3 is 14.9 Å². The highest BCUT2D eigenvalue weighted by Gasteiger charge is 2.13. The van der Waals surface area contributed by atoms with Gasteiger partial charge in [0.25, 0.3) is 0 Å². The molecule has 0 heterocycles. The van der Waals surface area contributed by atoms with E-state index < -0.39 is 29.9 Å². The number of hydrogen-bond acceptors (Lipinski definition) is 4. The molecule has 2 N–H and O–H groups in total. The number of esters is 1. The second-order valence-electron chi connectivity index (χ2n) is 2.07. The molecule has 0 aromatic carbocycles. The number of rotatable bonds is 4. The Morgan fingerprint density at radius 1 is 1.31 bits per heavy atom. The molecule has 0 atom stereocenters. The third kappa shape index (κ3) is 4.57. The predicted octanol–water partition coefficient (Wildman–Crippen LogP) is -0.355.